The van der Waals surface area contributed by atoms with Gasteiger partial charge in [0.05, 0.1) is 11.3 Å². The van der Waals surface area contributed by atoms with Crippen LogP contribution in [0.3, 0.4) is 0 Å². The first-order chi connectivity index (χ1) is 15.6. The lowest BCUT2D eigenvalue weighted by atomic mass is 9.87. The Morgan fingerprint density at radius 2 is 1.52 bits per heavy atom. The predicted octanol–water partition coefficient (Wildman–Crippen LogP) is 6.14. The molecule has 1 aliphatic heterocycles. The van der Waals surface area contributed by atoms with E-state index in [-0.39, 0.29) is 22.4 Å². The number of imide groups is 1. The summed E-state index contributed by atoms with van der Waals surface area (Å²) in [4.78, 5) is 27.9. The van der Waals surface area contributed by atoms with Gasteiger partial charge in [-0.3, -0.25) is 9.59 Å². The average molecular weight is 443 g/mol. The number of nitrogens with zero attached hydrogens (tertiary/aromatic N) is 1. The van der Waals surface area contributed by atoms with E-state index < -0.39 is 17.6 Å². The van der Waals surface area contributed by atoms with Gasteiger partial charge in [-0.15, -0.1) is 0 Å². The van der Waals surface area contributed by atoms with Gasteiger partial charge in [0.1, 0.15) is 11.5 Å². The van der Waals surface area contributed by atoms with Crippen molar-refractivity contribution >= 4 is 28.8 Å². The van der Waals surface area contributed by atoms with Crippen LogP contribution in [0.5, 0.6) is 0 Å². The van der Waals surface area contributed by atoms with Gasteiger partial charge in [0.25, 0.3) is 11.8 Å². The molecule has 168 valence electrons. The topological polar surface area (TPSA) is 49.4 Å². The number of benzene rings is 3. The van der Waals surface area contributed by atoms with E-state index in [1.807, 2.05) is 56.3 Å². The van der Waals surface area contributed by atoms with Gasteiger partial charge in [-0.05, 0) is 60.2 Å². The highest BCUT2D eigenvalue weighted by atomic mass is 19.1. The molecule has 3 aromatic rings. The Bertz CT molecular complexity index is 1280. The number of anilines is 2. The number of carbonyl (C=O) groups is 2. The molecule has 0 bridgehead atoms. The molecule has 0 aromatic heterocycles. The number of halogens is 1. The highest BCUT2D eigenvalue weighted by Crippen LogP contribution is 2.36. The van der Waals surface area contributed by atoms with Crippen LogP contribution in [0.4, 0.5) is 15.8 Å². The van der Waals surface area contributed by atoms with Crippen LogP contribution in [0.25, 0.3) is 5.57 Å². The van der Waals surface area contributed by atoms with E-state index in [0.29, 0.717) is 11.3 Å². The van der Waals surface area contributed by atoms with E-state index in [4.69, 9.17) is 0 Å². The summed E-state index contributed by atoms with van der Waals surface area (Å²) in [6, 6.07) is 19.3. The highest BCUT2D eigenvalue weighted by Gasteiger charge is 2.41. The van der Waals surface area contributed by atoms with Gasteiger partial charge in [0.2, 0.25) is 0 Å². The van der Waals surface area contributed by atoms with Crippen LogP contribution >= 0.6 is 0 Å². The summed E-state index contributed by atoms with van der Waals surface area (Å²) in [5.74, 6) is -1.76. The smallest absolute Gasteiger partial charge is 0.282 e. The largest absolute Gasteiger partial charge is 0.350 e. The van der Waals surface area contributed by atoms with Gasteiger partial charge in [0.15, 0.2) is 0 Å². The van der Waals surface area contributed by atoms with E-state index in [9.17, 15) is 14.0 Å². The molecule has 0 atom stereocenters. The maximum atomic E-state index is 14.6. The van der Waals surface area contributed by atoms with Crippen molar-refractivity contribution in [1.82, 2.24) is 0 Å². The number of hydrogen-bond acceptors (Lipinski definition) is 3. The van der Waals surface area contributed by atoms with E-state index in [1.165, 1.54) is 18.2 Å². The molecule has 1 heterocycles. The zero-order valence-electron chi connectivity index (χ0n) is 19.5. The molecule has 0 radical (unpaired) electrons. The number of nitrogens with one attached hydrogen (secondary N) is 1. The Kier molecular flexibility index (Phi) is 5.66. The van der Waals surface area contributed by atoms with Crippen LogP contribution < -0.4 is 10.2 Å². The normalized spacial score (nSPS) is 14.3. The Morgan fingerprint density at radius 3 is 2.12 bits per heavy atom. The van der Waals surface area contributed by atoms with Gasteiger partial charge in [-0.1, -0.05) is 68.8 Å². The van der Waals surface area contributed by atoms with Gasteiger partial charge >= 0.3 is 0 Å². The fraction of sp³-hybridized carbons (Fsp3) is 0.214. The highest BCUT2D eigenvalue weighted by molar-refractivity contribution is 6.46. The predicted molar refractivity (Wildman–Crippen MR) is 130 cm³/mol. The first kappa shape index (κ1) is 22.5. The maximum absolute atomic E-state index is 14.6. The molecule has 5 heteroatoms. The lowest BCUT2D eigenvalue weighted by Crippen LogP contribution is -2.33. The van der Waals surface area contributed by atoms with Crippen molar-refractivity contribution < 1.29 is 14.0 Å². The SMILES string of the molecule is Cc1ccc(C2=C(Nc3ccc(C(C)(C)C)cc3)C(=O)N(c3ccccc3F)C2=O)c(C)c1. The lowest BCUT2D eigenvalue weighted by molar-refractivity contribution is -0.120. The molecule has 0 fully saturated rings. The van der Waals surface area contributed by atoms with Crippen molar-refractivity contribution in [2.75, 3.05) is 10.2 Å². The Balaban J connectivity index is 1.83. The van der Waals surface area contributed by atoms with Gasteiger partial charge in [0, 0.05) is 5.69 Å². The molecule has 1 aliphatic rings. The Morgan fingerprint density at radius 1 is 0.848 bits per heavy atom. The van der Waals surface area contributed by atoms with Crippen LogP contribution in [-0.4, -0.2) is 11.8 Å². The molecule has 0 saturated heterocycles. The van der Waals surface area contributed by atoms with Crippen molar-refractivity contribution in [2.24, 2.45) is 0 Å². The second-order valence-corrected chi connectivity index (χ2v) is 9.42. The second-order valence-electron chi connectivity index (χ2n) is 9.42. The molecule has 1 N–H and O–H groups in total. The van der Waals surface area contributed by atoms with E-state index in [1.54, 1.807) is 6.07 Å². The number of aryl methyl sites for hydroxylation is 2. The second kappa shape index (κ2) is 8.32. The van der Waals surface area contributed by atoms with E-state index in [0.717, 1.165) is 21.6 Å². The Labute approximate surface area is 193 Å². The summed E-state index contributed by atoms with van der Waals surface area (Å²) < 4.78 is 14.6. The summed E-state index contributed by atoms with van der Waals surface area (Å²) in [7, 11) is 0. The monoisotopic (exact) mass is 442 g/mol. The van der Waals surface area contributed by atoms with Crippen molar-refractivity contribution in [2.45, 2.75) is 40.0 Å². The van der Waals surface area contributed by atoms with Crippen molar-refractivity contribution in [3.05, 3.63) is 100 Å². The minimum absolute atomic E-state index is 0.0112. The standard InChI is InChI=1S/C28H27FN2O2/c1-17-10-15-21(18(2)16-17)24-25(30-20-13-11-19(12-14-20)28(3,4)5)27(33)31(26(24)32)23-9-7-6-8-22(23)29/h6-16,30H,1-5H3. The fourth-order valence-corrected chi connectivity index (χ4v) is 4.04. The first-order valence-electron chi connectivity index (χ1n) is 10.9. The molecular formula is C28H27FN2O2. The van der Waals surface area contributed by atoms with E-state index >= 15 is 0 Å². The number of amides is 2. The van der Waals surface area contributed by atoms with E-state index in [2.05, 4.69) is 26.1 Å². The van der Waals surface area contributed by atoms with Crippen LogP contribution in [0.1, 0.15) is 43.0 Å². The fourth-order valence-electron chi connectivity index (χ4n) is 4.04. The van der Waals surface area contributed by atoms with Crippen molar-refractivity contribution in [1.29, 1.82) is 0 Å². The van der Waals surface area contributed by atoms with Crippen LogP contribution in [0.2, 0.25) is 0 Å². The minimum atomic E-state index is -0.630. The number of hydrogen-bond donors (Lipinski definition) is 1. The number of carbonyl (C=O) groups excluding carboxylic acids is 2. The zero-order valence-corrected chi connectivity index (χ0v) is 19.5. The van der Waals surface area contributed by atoms with Crippen LogP contribution in [-0.2, 0) is 15.0 Å². The minimum Gasteiger partial charge on any atom is -0.350 e. The molecule has 0 unspecified atom stereocenters. The third kappa shape index (κ3) is 4.19. The average Bonchev–Trinajstić information content (AvgIpc) is 2.98. The van der Waals surface area contributed by atoms with Gasteiger partial charge in [-0.2, -0.15) is 0 Å². The zero-order chi connectivity index (χ0) is 23.9. The summed E-state index contributed by atoms with van der Waals surface area (Å²) >= 11 is 0. The first-order valence-corrected chi connectivity index (χ1v) is 10.9. The third-order valence-electron chi connectivity index (χ3n) is 5.85. The molecule has 4 rings (SSSR count). The summed E-state index contributed by atoms with van der Waals surface area (Å²) in [5.41, 5.74) is 4.69. The summed E-state index contributed by atoms with van der Waals surface area (Å²) in [6.07, 6.45) is 0. The van der Waals surface area contributed by atoms with Crippen molar-refractivity contribution in [3.63, 3.8) is 0 Å². The lowest BCUT2D eigenvalue weighted by Gasteiger charge is -2.19. The third-order valence-corrected chi connectivity index (χ3v) is 5.85. The van der Waals surface area contributed by atoms with Crippen LogP contribution in [0.15, 0.2) is 72.4 Å². The number of rotatable bonds is 4. The van der Waals surface area contributed by atoms with Gasteiger partial charge in [-0.25, -0.2) is 9.29 Å². The molecule has 3 aromatic carbocycles. The molecule has 0 aliphatic carbocycles. The molecular weight excluding hydrogens is 415 g/mol. The van der Waals surface area contributed by atoms with Crippen molar-refractivity contribution in [3.8, 4) is 0 Å². The quantitative estimate of drug-likeness (QED) is 0.494. The van der Waals surface area contributed by atoms with Gasteiger partial charge < -0.3 is 5.32 Å². The number of para-hydroxylation sites is 1. The molecule has 0 spiro atoms. The molecule has 0 saturated carbocycles. The molecule has 4 nitrogen and oxygen atoms in total. The Hall–Kier alpha value is -3.73. The molecule has 33 heavy (non-hydrogen) atoms. The summed E-state index contributed by atoms with van der Waals surface area (Å²) in [6.45, 7) is 10.2. The maximum Gasteiger partial charge on any atom is 0.282 e. The molecule has 2 amide bonds. The summed E-state index contributed by atoms with van der Waals surface area (Å²) in [5, 5.41) is 3.15. The van der Waals surface area contributed by atoms with Crippen LogP contribution in [0, 0.1) is 19.7 Å².